The van der Waals surface area contributed by atoms with Gasteiger partial charge in [-0.25, -0.2) is 14.2 Å². The van der Waals surface area contributed by atoms with Crippen LogP contribution in [0.5, 0.6) is 0 Å². The van der Waals surface area contributed by atoms with E-state index < -0.39 is 17.6 Å². The minimum Gasteiger partial charge on any atom is -0.378 e. The van der Waals surface area contributed by atoms with Crippen LogP contribution in [0.2, 0.25) is 0 Å². The van der Waals surface area contributed by atoms with E-state index in [0.717, 1.165) is 57.7 Å². The zero-order valence-electron chi connectivity index (χ0n) is 23.3. The number of rotatable bonds is 8. The van der Waals surface area contributed by atoms with Gasteiger partial charge in [0.15, 0.2) is 11.6 Å². The Hall–Kier alpha value is -2.92. The van der Waals surface area contributed by atoms with Crippen LogP contribution in [0.15, 0.2) is 36.5 Å². The van der Waals surface area contributed by atoms with Crippen LogP contribution in [-0.4, -0.2) is 74.4 Å². The van der Waals surface area contributed by atoms with E-state index in [4.69, 9.17) is 4.74 Å². The molecule has 0 radical (unpaired) electrons. The number of aromatic nitrogens is 1. The van der Waals surface area contributed by atoms with Crippen LogP contribution >= 0.6 is 0 Å². The van der Waals surface area contributed by atoms with Crippen LogP contribution in [0.4, 0.5) is 33.9 Å². The lowest BCUT2D eigenvalue weighted by atomic mass is 9.95. The molecule has 0 unspecified atom stereocenters. The van der Waals surface area contributed by atoms with Gasteiger partial charge in [-0.3, -0.25) is 4.90 Å². The average Bonchev–Trinajstić information content (AvgIpc) is 3.48. The fraction of sp³-hybridized carbons (Fsp3) is 0.600. The summed E-state index contributed by atoms with van der Waals surface area (Å²) in [5.74, 6) is 0.0471. The van der Waals surface area contributed by atoms with Gasteiger partial charge in [0.1, 0.15) is 0 Å². The van der Waals surface area contributed by atoms with Crippen LogP contribution in [-0.2, 0) is 17.3 Å². The molecule has 0 bridgehead atoms. The SMILES string of the molecule is O=C(NC1CCCC1)N(CC1CCN(CCc2cccc(C(F)(F)F)c2)CC1)c1cnc(N2CCOCC2)c(F)c1. The van der Waals surface area contributed by atoms with E-state index in [0.29, 0.717) is 57.1 Å². The van der Waals surface area contributed by atoms with Gasteiger partial charge in [0.25, 0.3) is 0 Å². The molecule has 41 heavy (non-hydrogen) atoms. The first-order chi connectivity index (χ1) is 19.8. The summed E-state index contributed by atoms with van der Waals surface area (Å²) in [5, 5.41) is 3.15. The van der Waals surface area contributed by atoms with Crippen LogP contribution in [0, 0.1) is 11.7 Å². The third-order valence-corrected chi connectivity index (χ3v) is 8.48. The summed E-state index contributed by atoms with van der Waals surface area (Å²) >= 11 is 0. The fourth-order valence-corrected chi connectivity index (χ4v) is 6.05. The quantitative estimate of drug-likeness (QED) is 0.421. The van der Waals surface area contributed by atoms with E-state index in [1.54, 1.807) is 17.2 Å². The molecule has 2 amide bonds. The van der Waals surface area contributed by atoms with Crippen molar-refractivity contribution in [3.63, 3.8) is 0 Å². The number of hydrogen-bond donors (Lipinski definition) is 1. The topological polar surface area (TPSA) is 60.9 Å². The van der Waals surface area contributed by atoms with Crippen molar-refractivity contribution in [1.82, 2.24) is 15.2 Å². The maximum Gasteiger partial charge on any atom is 0.416 e. The van der Waals surface area contributed by atoms with Gasteiger partial charge in [-0.05, 0) is 62.7 Å². The first kappa shape index (κ1) is 29.6. The normalized spacial score (nSPS) is 19.5. The molecule has 1 aromatic heterocycles. The molecule has 2 aromatic rings. The number of anilines is 2. The number of likely N-dealkylation sites (tertiary alicyclic amines) is 1. The second-order valence-electron chi connectivity index (χ2n) is 11.4. The average molecular weight is 578 g/mol. The number of urea groups is 1. The van der Waals surface area contributed by atoms with E-state index in [1.165, 1.54) is 18.2 Å². The Morgan fingerprint density at radius 3 is 2.46 bits per heavy atom. The van der Waals surface area contributed by atoms with Crippen molar-refractivity contribution in [3.8, 4) is 0 Å². The molecule has 2 saturated heterocycles. The van der Waals surface area contributed by atoms with Crippen LogP contribution in [0.3, 0.4) is 0 Å². The lowest BCUT2D eigenvalue weighted by molar-refractivity contribution is -0.137. The second-order valence-corrected chi connectivity index (χ2v) is 11.4. The number of nitrogens with zero attached hydrogens (tertiary/aromatic N) is 4. The molecule has 3 aliphatic rings. The van der Waals surface area contributed by atoms with Crippen molar-refractivity contribution in [2.24, 2.45) is 5.92 Å². The monoisotopic (exact) mass is 577 g/mol. The molecule has 224 valence electrons. The summed E-state index contributed by atoms with van der Waals surface area (Å²) in [6.07, 6.45) is 3.57. The molecule has 3 heterocycles. The highest BCUT2D eigenvalue weighted by Gasteiger charge is 2.31. The van der Waals surface area contributed by atoms with E-state index in [2.05, 4.69) is 15.2 Å². The molecule has 0 atom stereocenters. The number of alkyl halides is 3. The number of nitrogens with one attached hydrogen (secondary N) is 1. The summed E-state index contributed by atoms with van der Waals surface area (Å²) < 4.78 is 59.8. The van der Waals surface area contributed by atoms with E-state index >= 15 is 4.39 Å². The predicted octanol–water partition coefficient (Wildman–Crippen LogP) is 5.49. The Morgan fingerprint density at radius 1 is 1.05 bits per heavy atom. The van der Waals surface area contributed by atoms with Gasteiger partial charge in [0.05, 0.1) is 30.7 Å². The summed E-state index contributed by atoms with van der Waals surface area (Å²) in [5.41, 5.74) is 0.502. The Bertz CT molecular complexity index is 1160. The van der Waals surface area contributed by atoms with Crippen molar-refractivity contribution in [1.29, 1.82) is 0 Å². The first-order valence-corrected chi connectivity index (χ1v) is 14.7. The Labute approximate surface area is 238 Å². The number of carbonyl (C=O) groups excluding carboxylic acids is 1. The first-order valence-electron chi connectivity index (χ1n) is 14.7. The summed E-state index contributed by atoms with van der Waals surface area (Å²) in [4.78, 5) is 23.6. The number of amides is 2. The standard InChI is InChI=1S/C30H39F4N5O2/c31-27-19-26(20-35-28(27)38-14-16-41-17-15-38)39(29(40)36-25-6-1-2-7-25)21-23-9-12-37(13-10-23)11-8-22-4-3-5-24(18-22)30(32,33)34/h3-5,18-20,23,25H,1-2,6-17,21H2,(H,36,40). The molecular weight excluding hydrogens is 538 g/mol. The van der Waals surface area contributed by atoms with Gasteiger partial charge in [-0.1, -0.05) is 31.0 Å². The summed E-state index contributed by atoms with van der Waals surface area (Å²) in [6, 6.07) is 6.85. The Kier molecular flexibility index (Phi) is 9.64. The van der Waals surface area contributed by atoms with Crippen LogP contribution in [0.1, 0.15) is 49.7 Å². The van der Waals surface area contributed by atoms with Crippen molar-refractivity contribution < 1.29 is 27.1 Å². The highest BCUT2D eigenvalue weighted by Crippen LogP contribution is 2.30. The van der Waals surface area contributed by atoms with E-state index in [1.807, 2.05) is 4.90 Å². The number of pyridine rings is 1. The highest BCUT2D eigenvalue weighted by atomic mass is 19.4. The maximum atomic E-state index is 15.2. The lowest BCUT2D eigenvalue weighted by Crippen LogP contribution is -2.48. The van der Waals surface area contributed by atoms with Crippen LogP contribution in [0.25, 0.3) is 0 Å². The number of benzene rings is 1. The maximum absolute atomic E-state index is 15.2. The number of morpholine rings is 1. The molecule has 7 nitrogen and oxygen atoms in total. The summed E-state index contributed by atoms with van der Waals surface area (Å²) in [7, 11) is 0. The molecule has 3 fully saturated rings. The van der Waals surface area contributed by atoms with Gasteiger partial charge in [-0.2, -0.15) is 13.2 Å². The molecule has 1 aromatic carbocycles. The summed E-state index contributed by atoms with van der Waals surface area (Å²) in [6.45, 7) is 4.92. The van der Waals surface area contributed by atoms with Crippen molar-refractivity contribution >= 4 is 17.5 Å². The Morgan fingerprint density at radius 2 is 1.78 bits per heavy atom. The molecule has 11 heteroatoms. The zero-order chi connectivity index (χ0) is 28.8. The van der Waals surface area contributed by atoms with Gasteiger partial charge >= 0.3 is 12.2 Å². The third-order valence-electron chi connectivity index (χ3n) is 8.48. The molecule has 0 spiro atoms. The van der Waals surface area contributed by atoms with Gasteiger partial charge < -0.3 is 19.9 Å². The smallest absolute Gasteiger partial charge is 0.378 e. The molecule has 2 aliphatic heterocycles. The predicted molar refractivity (Wildman–Crippen MR) is 150 cm³/mol. The number of piperidine rings is 1. The molecular formula is C30H39F4N5O2. The van der Waals surface area contributed by atoms with Crippen molar-refractivity contribution in [3.05, 3.63) is 53.5 Å². The number of hydrogen-bond acceptors (Lipinski definition) is 5. The van der Waals surface area contributed by atoms with Crippen LogP contribution < -0.4 is 15.1 Å². The van der Waals surface area contributed by atoms with E-state index in [9.17, 15) is 18.0 Å². The van der Waals surface area contributed by atoms with Crippen molar-refractivity contribution in [2.45, 2.75) is 57.2 Å². The van der Waals surface area contributed by atoms with Gasteiger partial charge in [-0.15, -0.1) is 0 Å². The highest BCUT2D eigenvalue weighted by molar-refractivity contribution is 5.92. The number of halogens is 4. The van der Waals surface area contributed by atoms with E-state index in [-0.39, 0.29) is 23.8 Å². The van der Waals surface area contributed by atoms with Gasteiger partial charge in [0.2, 0.25) is 0 Å². The van der Waals surface area contributed by atoms with Gasteiger partial charge in [0, 0.05) is 38.3 Å². The molecule has 1 N–H and O–H groups in total. The largest absolute Gasteiger partial charge is 0.416 e. The van der Waals surface area contributed by atoms with Crippen molar-refractivity contribution in [2.75, 3.05) is 62.3 Å². The second kappa shape index (κ2) is 13.4. The zero-order valence-corrected chi connectivity index (χ0v) is 23.3. The number of carbonyl (C=O) groups is 1. The molecule has 1 saturated carbocycles. The number of ether oxygens (including phenoxy) is 1. The minimum absolute atomic E-state index is 0.133. The Balaban J connectivity index is 1.20. The third kappa shape index (κ3) is 7.88. The molecule has 5 rings (SSSR count). The molecule has 1 aliphatic carbocycles. The lowest BCUT2D eigenvalue weighted by Gasteiger charge is -2.35. The fourth-order valence-electron chi connectivity index (χ4n) is 6.05. The minimum atomic E-state index is -4.34.